The van der Waals surface area contributed by atoms with Gasteiger partial charge in [0.15, 0.2) is 0 Å². The molecule has 2 aromatic rings. The van der Waals surface area contributed by atoms with Gasteiger partial charge < -0.3 is 5.73 Å². The van der Waals surface area contributed by atoms with Crippen LogP contribution >= 0.6 is 11.6 Å². The number of nitrogens with two attached hydrogens (primary N) is 1. The summed E-state index contributed by atoms with van der Waals surface area (Å²) in [6.07, 6.45) is 0. The van der Waals surface area contributed by atoms with E-state index in [-0.39, 0.29) is 5.92 Å². The van der Waals surface area contributed by atoms with E-state index in [4.69, 9.17) is 17.3 Å². The lowest BCUT2D eigenvalue weighted by atomic mass is 9.94. The largest absolute Gasteiger partial charge is 0.386 e. The van der Waals surface area contributed by atoms with Gasteiger partial charge in [-0.1, -0.05) is 35.9 Å². The van der Waals surface area contributed by atoms with Gasteiger partial charge in [-0.25, -0.2) is 4.99 Å². The van der Waals surface area contributed by atoms with Crippen molar-refractivity contribution in [2.45, 2.75) is 12.8 Å². The number of aliphatic imine (C=N–C) groups is 2. The zero-order valence-corrected chi connectivity index (χ0v) is 11.8. The molecule has 20 heavy (non-hydrogen) atoms. The number of fused-ring (bicyclic) bond motifs is 1. The third-order valence-corrected chi connectivity index (χ3v) is 3.60. The van der Waals surface area contributed by atoms with E-state index in [9.17, 15) is 0 Å². The van der Waals surface area contributed by atoms with Crippen molar-refractivity contribution in [1.29, 1.82) is 0 Å². The molecule has 0 aromatic heterocycles. The molecule has 1 unspecified atom stereocenters. The fourth-order valence-corrected chi connectivity index (χ4v) is 2.52. The SMILES string of the molecule is CC1=Nc2ccccc2N=C(N)C1c1ccc(Cl)cc1. The molecule has 0 amide bonds. The van der Waals surface area contributed by atoms with Gasteiger partial charge in [-0.15, -0.1) is 0 Å². The minimum absolute atomic E-state index is 0.111. The highest BCUT2D eigenvalue weighted by Gasteiger charge is 2.22. The van der Waals surface area contributed by atoms with Gasteiger partial charge in [-0.2, -0.15) is 0 Å². The van der Waals surface area contributed by atoms with Crippen LogP contribution in [0.5, 0.6) is 0 Å². The predicted molar refractivity (Wildman–Crippen MR) is 84.7 cm³/mol. The van der Waals surface area contributed by atoms with Crippen molar-refractivity contribution in [2.75, 3.05) is 0 Å². The molecule has 1 heterocycles. The highest BCUT2D eigenvalue weighted by Crippen LogP contribution is 2.33. The molecule has 4 heteroatoms. The Balaban J connectivity index is 2.12. The highest BCUT2D eigenvalue weighted by atomic mass is 35.5. The van der Waals surface area contributed by atoms with E-state index in [2.05, 4.69) is 9.98 Å². The fraction of sp³-hybridized carbons (Fsp3) is 0.125. The summed E-state index contributed by atoms with van der Waals surface area (Å²) in [5.41, 5.74) is 9.82. The molecular weight excluding hydrogens is 270 g/mol. The molecule has 0 spiro atoms. The quantitative estimate of drug-likeness (QED) is 0.837. The van der Waals surface area contributed by atoms with E-state index in [1.54, 1.807) is 0 Å². The lowest BCUT2D eigenvalue weighted by molar-refractivity contribution is 1.16. The molecule has 0 radical (unpaired) electrons. The van der Waals surface area contributed by atoms with Crippen LogP contribution in [0.15, 0.2) is 58.5 Å². The number of benzene rings is 2. The molecule has 2 aromatic carbocycles. The smallest absolute Gasteiger partial charge is 0.113 e. The average Bonchev–Trinajstić information content (AvgIpc) is 2.55. The first-order valence-electron chi connectivity index (χ1n) is 6.39. The molecular formula is C16H14ClN3. The van der Waals surface area contributed by atoms with Gasteiger partial charge in [0.05, 0.1) is 17.3 Å². The van der Waals surface area contributed by atoms with Crippen molar-refractivity contribution in [3.05, 3.63) is 59.1 Å². The zero-order chi connectivity index (χ0) is 14.1. The first-order valence-corrected chi connectivity index (χ1v) is 6.76. The number of nitrogens with zero attached hydrogens (tertiary/aromatic N) is 2. The van der Waals surface area contributed by atoms with Crippen LogP contribution in [0, 0.1) is 0 Å². The molecule has 0 bridgehead atoms. The average molecular weight is 284 g/mol. The van der Waals surface area contributed by atoms with Crippen LogP contribution in [-0.2, 0) is 0 Å². The van der Waals surface area contributed by atoms with Crippen LogP contribution in [0.3, 0.4) is 0 Å². The molecule has 3 rings (SSSR count). The van der Waals surface area contributed by atoms with Crippen molar-refractivity contribution in [2.24, 2.45) is 15.7 Å². The summed E-state index contributed by atoms with van der Waals surface area (Å²) in [7, 11) is 0. The van der Waals surface area contributed by atoms with Crippen LogP contribution in [-0.4, -0.2) is 11.5 Å². The van der Waals surface area contributed by atoms with E-state index in [1.165, 1.54) is 0 Å². The maximum absolute atomic E-state index is 6.19. The van der Waals surface area contributed by atoms with Crippen molar-refractivity contribution < 1.29 is 0 Å². The van der Waals surface area contributed by atoms with E-state index >= 15 is 0 Å². The van der Waals surface area contributed by atoms with E-state index < -0.39 is 0 Å². The molecule has 1 aliphatic rings. The second kappa shape index (κ2) is 5.10. The summed E-state index contributed by atoms with van der Waals surface area (Å²) in [5.74, 6) is 0.443. The van der Waals surface area contributed by atoms with E-state index in [0.717, 1.165) is 22.6 Å². The Morgan fingerprint density at radius 3 is 2.20 bits per heavy atom. The Labute approximate surface area is 122 Å². The first kappa shape index (κ1) is 12.9. The van der Waals surface area contributed by atoms with E-state index in [0.29, 0.717) is 10.9 Å². The highest BCUT2D eigenvalue weighted by molar-refractivity contribution is 6.30. The van der Waals surface area contributed by atoms with Crippen LogP contribution in [0.1, 0.15) is 18.4 Å². The Bertz CT molecular complexity index is 663. The van der Waals surface area contributed by atoms with Gasteiger partial charge in [0.25, 0.3) is 0 Å². The van der Waals surface area contributed by atoms with Gasteiger partial charge in [0, 0.05) is 10.7 Å². The lowest BCUT2D eigenvalue weighted by Gasteiger charge is -2.15. The topological polar surface area (TPSA) is 50.7 Å². The predicted octanol–water partition coefficient (Wildman–Crippen LogP) is 4.22. The Morgan fingerprint density at radius 2 is 1.55 bits per heavy atom. The summed E-state index contributed by atoms with van der Waals surface area (Å²) in [5, 5.41) is 0.704. The third-order valence-electron chi connectivity index (χ3n) is 3.34. The first-order chi connectivity index (χ1) is 9.65. The molecule has 0 saturated heterocycles. The summed E-state index contributed by atoms with van der Waals surface area (Å²) in [6, 6.07) is 15.4. The van der Waals surface area contributed by atoms with Crippen LogP contribution in [0.25, 0.3) is 0 Å². The second-order valence-corrected chi connectivity index (χ2v) is 5.20. The summed E-state index contributed by atoms with van der Waals surface area (Å²) in [6.45, 7) is 1.98. The minimum atomic E-state index is -0.111. The molecule has 3 nitrogen and oxygen atoms in total. The zero-order valence-electron chi connectivity index (χ0n) is 11.0. The number of amidine groups is 1. The van der Waals surface area contributed by atoms with E-state index in [1.807, 2.05) is 55.5 Å². The van der Waals surface area contributed by atoms with Gasteiger partial charge in [-0.05, 0) is 36.8 Å². The van der Waals surface area contributed by atoms with Crippen molar-refractivity contribution in [3.8, 4) is 0 Å². The Kier molecular flexibility index (Phi) is 3.28. The number of hydrogen-bond acceptors (Lipinski definition) is 3. The summed E-state index contributed by atoms with van der Waals surface area (Å²) >= 11 is 5.94. The normalized spacial score (nSPS) is 17.8. The van der Waals surface area contributed by atoms with Crippen LogP contribution in [0.2, 0.25) is 5.02 Å². The third kappa shape index (κ3) is 2.32. The van der Waals surface area contributed by atoms with Crippen molar-refractivity contribution in [1.82, 2.24) is 0 Å². The fourth-order valence-electron chi connectivity index (χ4n) is 2.39. The van der Waals surface area contributed by atoms with Gasteiger partial charge in [-0.3, -0.25) is 4.99 Å². The van der Waals surface area contributed by atoms with Crippen molar-refractivity contribution >= 4 is 34.5 Å². The molecule has 0 fully saturated rings. The number of rotatable bonds is 1. The Hall–Kier alpha value is -2.13. The molecule has 1 aliphatic heterocycles. The van der Waals surface area contributed by atoms with Crippen molar-refractivity contribution in [3.63, 3.8) is 0 Å². The molecule has 0 aliphatic carbocycles. The monoisotopic (exact) mass is 283 g/mol. The summed E-state index contributed by atoms with van der Waals surface area (Å²) < 4.78 is 0. The van der Waals surface area contributed by atoms with Crippen LogP contribution < -0.4 is 5.73 Å². The molecule has 2 N–H and O–H groups in total. The van der Waals surface area contributed by atoms with Gasteiger partial charge >= 0.3 is 0 Å². The lowest BCUT2D eigenvalue weighted by Crippen LogP contribution is -2.26. The molecule has 0 saturated carbocycles. The molecule has 100 valence electrons. The second-order valence-electron chi connectivity index (χ2n) is 4.76. The van der Waals surface area contributed by atoms with Gasteiger partial charge in [0.2, 0.25) is 0 Å². The van der Waals surface area contributed by atoms with Gasteiger partial charge in [0.1, 0.15) is 5.84 Å². The maximum atomic E-state index is 6.19. The molecule has 1 atom stereocenters. The summed E-state index contributed by atoms with van der Waals surface area (Å²) in [4.78, 5) is 9.18. The maximum Gasteiger partial charge on any atom is 0.113 e. The Morgan fingerprint density at radius 1 is 0.950 bits per heavy atom. The number of para-hydroxylation sites is 2. The van der Waals surface area contributed by atoms with Crippen LogP contribution in [0.4, 0.5) is 11.4 Å². The standard InChI is InChI=1S/C16H14ClN3/c1-10-15(11-6-8-12(17)9-7-11)16(18)20-14-5-3-2-4-13(14)19-10/h2-9,15H,1H3,(H2,18,20). The number of hydrogen-bond donors (Lipinski definition) is 1. The number of halogens is 1. The minimum Gasteiger partial charge on any atom is -0.386 e.